The lowest BCUT2D eigenvalue weighted by Gasteiger charge is -2.71. The zero-order valence-electron chi connectivity index (χ0n) is 25.4. The van der Waals surface area contributed by atoms with Crippen molar-refractivity contribution in [1.82, 2.24) is 0 Å². The number of ether oxygens (including phenoxy) is 1. The van der Waals surface area contributed by atoms with E-state index in [-0.39, 0.29) is 45.4 Å². The van der Waals surface area contributed by atoms with Crippen molar-refractivity contribution in [2.24, 2.45) is 50.7 Å². The largest absolute Gasteiger partial charge is 0.534 e. The van der Waals surface area contributed by atoms with Crippen molar-refractivity contribution in [3.05, 3.63) is 23.0 Å². The summed E-state index contributed by atoms with van der Waals surface area (Å²) in [5, 5.41) is 0. The lowest BCUT2D eigenvalue weighted by atomic mass is 9.33. The molecule has 6 rings (SSSR count). The molecule has 5 aliphatic carbocycles. The first-order valence-corrected chi connectivity index (χ1v) is 16.8. The van der Waals surface area contributed by atoms with Crippen LogP contribution in [0.3, 0.4) is 0 Å². The van der Waals surface area contributed by atoms with E-state index in [1.54, 1.807) is 6.08 Å². The van der Waals surface area contributed by atoms with Crippen LogP contribution in [0.1, 0.15) is 99.8 Å². The Morgan fingerprint density at radius 2 is 1.63 bits per heavy atom. The molecule has 0 bridgehead atoms. The highest BCUT2D eigenvalue weighted by molar-refractivity contribution is 7.87. The predicted molar refractivity (Wildman–Crippen MR) is 149 cm³/mol. The molecular weight excluding hydrogens is 553 g/mol. The van der Waals surface area contributed by atoms with E-state index in [0.717, 1.165) is 50.7 Å². The number of halogens is 3. The minimum atomic E-state index is -5.73. The molecule has 1 heterocycles. The number of rotatable bonds is 4. The second-order valence-corrected chi connectivity index (χ2v) is 17.2. The Labute approximate surface area is 242 Å². The average molecular weight is 599 g/mol. The number of allylic oxidation sites excluding steroid dienone is 3. The summed E-state index contributed by atoms with van der Waals surface area (Å²) >= 11 is 0. The van der Waals surface area contributed by atoms with Crippen molar-refractivity contribution in [3.8, 4) is 0 Å². The topological polar surface area (TPSA) is 73.0 Å². The fourth-order valence-corrected chi connectivity index (χ4v) is 11.9. The van der Waals surface area contributed by atoms with Crippen molar-refractivity contribution in [2.75, 3.05) is 6.61 Å². The number of Topliss-reactive ketones (excluding diaryl/α,β-unsaturated/α-hetero) is 1. The molecule has 41 heavy (non-hydrogen) atoms. The highest BCUT2D eigenvalue weighted by Crippen LogP contribution is 2.77. The van der Waals surface area contributed by atoms with Crippen LogP contribution in [0.2, 0.25) is 0 Å². The van der Waals surface area contributed by atoms with Gasteiger partial charge in [-0.05, 0) is 96.5 Å². The lowest BCUT2D eigenvalue weighted by molar-refractivity contribution is -0.202. The third kappa shape index (κ3) is 3.75. The maximum Gasteiger partial charge on any atom is 0.534 e. The second-order valence-electron chi connectivity index (χ2n) is 15.7. The van der Waals surface area contributed by atoms with E-state index in [1.807, 2.05) is 13.8 Å². The molecule has 6 aliphatic rings. The molecule has 9 heteroatoms. The molecule has 4 fully saturated rings. The molecule has 3 saturated carbocycles. The normalized spacial score (nSPS) is 45.4. The van der Waals surface area contributed by atoms with Gasteiger partial charge in [0.15, 0.2) is 5.78 Å². The van der Waals surface area contributed by atoms with E-state index in [2.05, 4.69) is 34.6 Å². The minimum absolute atomic E-state index is 0.0160. The monoisotopic (exact) mass is 598 g/mol. The van der Waals surface area contributed by atoms with Crippen molar-refractivity contribution in [3.63, 3.8) is 0 Å². The fourth-order valence-electron chi connectivity index (χ4n) is 11.3. The summed E-state index contributed by atoms with van der Waals surface area (Å²) in [6.07, 6.45) is 8.52. The maximum absolute atomic E-state index is 13.5. The lowest BCUT2D eigenvalue weighted by Crippen LogP contribution is -2.64. The van der Waals surface area contributed by atoms with Crippen LogP contribution in [0.25, 0.3) is 0 Å². The smallest absolute Gasteiger partial charge is 0.380 e. The Morgan fingerprint density at radius 3 is 2.22 bits per heavy atom. The number of hydrogen-bond acceptors (Lipinski definition) is 5. The summed E-state index contributed by atoms with van der Waals surface area (Å²) in [4.78, 5) is 13.5. The molecule has 0 N–H and O–H groups in total. The first kappa shape index (κ1) is 29.7. The molecule has 1 saturated heterocycles. The highest BCUT2D eigenvalue weighted by atomic mass is 32.2. The third-order valence-electron chi connectivity index (χ3n) is 13.4. The van der Waals surface area contributed by atoms with Gasteiger partial charge in [-0.25, -0.2) is 0 Å². The molecule has 0 spiro atoms. The summed E-state index contributed by atoms with van der Waals surface area (Å²) in [7, 11) is -5.73. The molecule has 0 radical (unpaired) electrons. The summed E-state index contributed by atoms with van der Waals surface area (Å²) in [5.74, 6) is 1.01. The Hall–Kier alpha value is -1.35. The second kappa shape index (κ2) is 8.64. The van der Waals surface area contributed by atoms with Gasteiger partial charge >= 0.3 is 15.6 Å². The van der Waals surface area contributed by atoms with Gasteiger partial charge in [-0.2, -0.15) is 21.6 Å². The number of epoxide rings is 1. The third-order valence-corrected chi connectivity index (χ3v) is 14.4. The molecule has 5 nitrogen and oxygen atoms in total. The quantitative estimate of drug-likeness (QED) is 0.188. The number of carbonyl (C=O) groups excluding carboxylic acids is 1. The van der Waals surface area contributed by atoms with Crippen LogP contribution in [0.15, 0.2) is 23.0 Å². The first-order chi connectivity index (χ1) is 18.8. The molecule has 0 aromatic heterocycles. The number of fused-ring (bicyclic) bond motifs is 7. The van der Waals surface area contributed by atoms with Gasteiger partial charge in [0.25, 0.3) is 0 Å². The van der Waals surface area contributed by atoms with Gasteiger partial charge in [-0.1, -0.05) is 54.0 Å². The van der Waals surface area contributed by atoms with Crippen LogP contribution in [-0.2, 0) is 23.8 Å². The number of alkyl halides is 3. The summed E-state index contributed by atoms with van der Waals surface area (Å²) in [6.45, 7) is 15.9. The summed E-state index contributed by atoms with van der Waals surface area (Å²) in [6, 6.07) is 0. The predicted octanol–water partition coefficient (Wildman–Crippen LogP) is 7.73. The molecule has 8 unspecified atom stereocenters. The minimum Gasteiger partial charge on any atom is -0.380 e. The highest BCUT2D eigenvalue weighted by Gasteiger charge is 2.71. The molecular formula is C32H45F3O5S. The number of ketones is 1. The van der Waals surface area contributed by atoms with Gasteiger partial charge in [0.2, 0.25) is 0 Å². The standard InChI is InChI=1S/C32H45F3O5S/c1-18(2)25-20(36)16-31(24-17-39-24)15-14-29(6)19(26(25)31)8-9-22-28(5)12-11-23(40-41(37,38)32(33,34)35)27(3,4)21(28)10-13-30(22,29)7/h11,18-19,21-22,24H,8-10,12-17H2,1-7H3. The molecule has 1 aliphatic heterocycles. The van der Waals surface area contributed by atoms with E-state index in [0.29, 0.717) is 30.5 Å². The SMILES string of the molecule is CC(C)C1=C2C3CCC4C5(C)CC=C(OS(=O)(=O)C(F)(F)F)C(C)(C)C5CCC4(C)C3(C)CCC2(C2CO2)CC1=O. The number of hydrogen-bond donors (Lipinski definition) is 0. The summed E-state index contributed by atoms with van der Waals surface area (Å²) < 4.78 is 74.3. The zero-order valence-corrected chi connectivity index (χ0v) is 26.2. The Morgan fingerprint density at radius 1 is 0.976 bits per heavy atom. The van der Waals surface area contributed by atoms with Crippen LogP contribution in [-0.4, -0.2) is 32.4 Å². The van der Waals surface area contributed by atoms with Crippen LogP contribution in [0, 0.1) is 50.7 Å². The van der Waals surface area contributed by atoms with Gasteiger partial charge in [0.1, 0.15) is 5.76 Å². The molecule has 8 atom stereocenters. The maximum atomic E-state index is 13.5. The first-order valence-electron chi connectivity index (χ1n) is 15.4. The summed E-state index contributed by atoms with van der Waals surface area (Å²) in [5.41, 5.74) is -4.29. The van der Waals surface area contributed by atoms with E-state index < -0.39 is 21.0 Å². The van der Waals surface area contributed by atoms with Crippen molar-refractivity contribution in [2.45, 2.75) is 111 Å². The van der Waals surface area contributed by atoms with Gasteiger partial charge in [-0.15, -0.1) is 0 Å². The van der Waals surface area contributed by atoms with Crippen molar-refractivity contribution >= 4 is 15.9 Å². The molecule has 0 aromatic rings. The number of carbonyl (C=O) groups is 1. The zero-order chi connectivity index (χ0) is 30.2. The van der Waals surface area contributed by atoms with E-state index in [4.69, 9.17) is 8.92 Å². The fraction of sp³-hybridized carbons (Fsp3) is 0.844. The van der Waals surface area contributed by atoms with Gasteiger partial charge < -0.3 is 8.92 Å². The Balaban J connectivity index is 1.39. The van der Waals surface area contributed by atoms with Gasteiger partial charge in [0, 0.05) is 17.3 Å². The van der Waals surface area contributed by atoms with Gasteiger partial charge in [0.05, 0.1) is 12.7 Å². The molecule has 0 aromatic carbocycles. The van der Waals surface area contributed by atoms with E-state index in [9.17, 15) is 26.4 Å². The van der Waals surface area contributed by atoms with Crippen molar-refractivity contribution < 1.29 is 35.3 Å². The van der Waals surface area contributed by atoms with Crippen LogP contribution in [0.5, 0.6) is 0 Å². The molecule has 0 amide bonds. The van der Waals surface area contributed by atoms with Crippen LogP contribution in [0.4, 0.5) is 13.2 Å². The Kier molecular flexibility index (Phi) is 6.26. The van der Waals surface area contributed by atoms with Crippen molar-refractivity contribution in [1.29, 1.82) is 0 Å². The van der Waals surface area contributed by atoms with E-state index in [1.165, 1.54) is 5.57 Å². The van der Waals surface area contributed by atoms with Gasteiger partial charge in [-0.3, -0.25) is 4.79 Å². The van der Waals surface area contributed by atoms with Crippen LogP contribution >= 0.6 is 0 Å². The van der Waals surface area contributed by atoms with Crippen LogP contribution < -0.4 is 0 Å². The van der Waals surface area contributed by atoms with E-state index >= 15 is 0 Å². The average Bonchev–Trinajstić information content (AvgIpc) is 3.64. The molecule has 230 valence electrons. The Bertz CT molecular complexity index is 1340.